The smallest absolute Gasteiger partial charge is 0.241 e. The van der Waals surface area contributed by atoms with E-state index < -0.39 is 16.1 Å². The number of hydrogen-bond acceptors (Lipinski definition) is 6. The molecule has 1 aromatic heterocycles. The van der Waals surface area contributed by atoms with Crippen molar-refractivity contribution in [3.63, 3.8) is 0 Å². The molecule has 0 aliphatic heterocycles. The summed E-state index contributed by atoms with van der Waals surface area (Å²) in [5, 5.41) is 5.75. The van der Waals surface area contributed by atoms with E-state index >= 15 is 0 Å². The van der Waals surface area contributed by atoms with Crippen LogP contribution in [0.15, 0.2) is 34.5 Å². The summed E-state index contributed by atoms with van der Waals surface area (Å²) >= 11 is 3.13. The van der Waals surface area contributed by atoms with Crippen molar-refractivity contribution < 1.29 is 13.2 Å². The van der Waals surface area contributed by atoms with Crippen molar-refractivity contribution in [1.29, 1.82) is 0 Å². The molecular formula is C19H27N3O3S3. The van der Waals surface area contributed by atoms with Gasteiger partial charge in [-0.05, 0) is 37.5 Å². The van der Waals surface area contributed by atoms with E-state index in [1.165, 1.54) is 0 Å². The lowest BCUT2D eigenvalue weighted by molar-refractivity contribution is -0.122. The molecule has 0 saturated heterocycles. The highest BCUT2D eigenvalue weighted by Gasteiger charge is 2.25. The summed E-state index contributed by atoms with van der Waals surface area (Å²) in [7, 11) is -3.78. The molecule has 6 nitrogen and oxygen atoms in total. The summed E-state index contributed by atoms with van der Waals surface area (Å²) in [6.07, 6.45) is 2.33. The number of aryl methyl sites for hydroxylation is 1. The number of aromatic nitrogens is 1. The molecule has 0 saturated carbocycles. The van der Waals surface area contributed by atoms with Crippen LogP contribution in [0.2, 0.25) is 0 Å². The zero-order valence-electron chi connectivity index (χ0n) is 16.6. The number of carbonyl (C=O) groups excluding carboxylic acids is 1. The van der Waals surface area contributed by atoms with Gasteiger partial charge in [0.05, 0.1) is 22.1 Å². The zero-order valence-corrected chi connectivity index (χ0v) is 19.0. The van der Waals surface area contributed by atoms with E-state index in [4.69, 9.17) is 0 Å². The van der Waals surface area contributed by atoms with Crippen molar-refractivity contribution in [2.75, 3.05) is 12.0 Å². The van der Waals surface area contributed by atoms with Gasteiger partial charge in [-0.2, -0.15) is 16.5 Å². The van der Waals surface area contributed by atoms with Crippen LogP contribution in [0.4, 0.5) is 0 Å². The molecule has 1 amide bonds. The van der Waals surface area contributed by atoms with Crippen molar-refractivity contribution in [1.82, 2.24) is 15.0 Å². The highest BCUT2D eigenvalue weighted by Crippen LogP contribution is 2.19. The Morgan fingerprint density at radius 3 is 2.50 bits per heavy atom. The van der Waals surface area contributed by atoms with Crippen LogP contribution < -0.4 is 10.0 Å². The Morgan fingerprint density at radius 2 is 1.93 bits per heavy atom. The lowest BCUT2D eigenvalue weighted by Gasteiger charge is -2.18. The monoisotopic (exact) mass is 441 g/mol. The molecule has 0 radical (unpaired) electrons. The van der Waals surface area contributed by atoms with Crippen LogP contribution in [0.1, 0.15) is 42.5 Å². The van der Waals surface area contributed by atoms with Crippen LogP contribution in [0, 0.1) is 6.92 Å². The van der Waals surface area contributed by atoms with E-state index in [-0.39, 0.29) is 17.3 Å². The first-order valence-electron chi connectivity index (χ1n) is 9.03. The molecule has 28 heavy (non-hydrogen) atoms. The minimum absolute atomic E-state index is 0.154. The third-order valence-corrected chi connectivity index (χ3v) is 7.39. The predicted octanol–water partition coefficient (Wildman–Crippen LogP) is 3.29. The Morgan fingerprint density at radius 1 is 1.25 bits per heavy atom. The molecule has 2 aromatic rings. The third-order valence-electron chi connectivity index (χ3n) is 4.06. The van der Waals surface area contributed by atoms with E-state index in [1.807, 2.05) is 18.6 Å². The van der Waals surface area contributed by atoms with Gasteiger partial charge in [-0.25, -0.2) is 13.4 Å². The number of thiazole rings is 1. The maximum Gasteiger partial charge on any atom is 0.241 e. The number of rotatable bonds is 10. The fourth-order valence-electron chi connectivity index (χ4n) is 2.42. The lowest BCUT2D eigenvalue weighted by Crippen LogP contribution is -2.46. The fourth-order valence-corrected chi connectivity index (χ4v) is 4.96. The second-order valence-corrected chi connectivity index (χ2v) is 10.4. The first kappa shape index (κ1) is 22.9. The molecule has 0 aliphatic rings. The summed E-state index contributed by atoms with van der Waals surface area (Å²) in [5.74, 6) is 0.664. The molecule has 9 heteroatoms. The second-order valence-electron chi connectivity index (χ2n) is 6.82. The zero-order chi connectivity index (χ0) is 20.7. The van der Waals surface area contributed by atoms with Crippen molar-refractivity contribution in [3.05, 3.63) is 45.9 Å². The van der Waals surface area contributed by atoms with Gasteiger partial charge in [0, 0.05) is 11.3 Å². The molecule has 154 valence electrons. The van der Waals surface area contributed by atoms with Gasteiger partial charge in [-0.15, -0.1) is 11.3 Å². The highest BCUT2D eigenvalue weighted by molar-refractivity contribution is 7.98. The summed E-state index contributed by atoms with van der Waals surface area (Å²) in [4.78, 5) is 17.3. The number of amides is 1. The molecule has 1 atom stereocenters. The number of thioether (sulfide) groups is 1. The largest absolute Gasteiger partial charge is 0.349 e. The standard InChI is InChI=1S/C19H27N3O3S3/c1-13(2)19-21-15(12-27-19)11-20-18(23)17(9-10-26-4)22-28(24,25)16-7-5-14(3)6-8-16/h5-8,12-13,17,22H,9-11H2,1-4H3,(H,20,23). The maximum absolute atomic E-state index is 12.7. The number of nitrogens with zero attached hydrogens (tertiary/aromatic N) is 1. The third kappa shape index (κ3) is 6.58. The molecule has 0 fully saturated rings. The van der Waals surface area contributed by atoms with Gasteiger partial charge in [0.2, 0.25) is 15.9 Å². The van der Waals surface area contributed by atoms with Crippen molar-refractivity contribution in [2.45, 2.75) is 50.6 Å². The van der Waals surface area contributed by atoms with Gasteiger partial charge in [0.15, 0.2) is 0 Å². The molecule has 2 rings (SSSR count). The number of nitrogens with one attached hydrogen (secondary N) is 2. The average molecular weight is 442 g/mol. The van der Waals surface area contributed by atoms with E-state index in [1.54, 1.807) is 47.4 Å². The van der Waals surface area contributed by atoms with Gasteiger partial charge in [0.25, 0.3) is 0 Å². The number of carbonyl (C=O) groups is 1. The van der Waals surface area contributed by atoms with Gasteiger partial charge < -0.3 is 5.32 Å². The van der Waals surface area contributed by atoms with Crippen LogP contribution in [0.5, 0.6) is 0 Å². The molecule has 1 unspecified atom stereocenters. The maximum atomic E-state index is 12.7. The first-order valence-corrected chi connectivity index (χ1v) is 12.8. The number of hydrogen-bond donors (Lipinski definition) is 2. The number of benzene rings is 1. The first-order chi connectivity index (χ1) is 13.2. The quantitative estimate of drug-likeness (QED) is 0.591. The van der Waals surface area contributed by atoms with Crippen LogP contribution in [0.3, 0.4) is 0 Å². The topological polar surface area (TPSA) is 88.2 Å². The van der Waals surface area contributed by atoms with E-state index in [0.29, 0.717) is 18.1 Å². The second kappa shape index (κ2) is 10.4. The molecule has 0 bridgehead atoms. The minimum Gasteiger partial charge on any atom is -0.349 e. The molecule has 0 spiro atoms. The minimum atomic E-state index is -3.78. The van der Waals surface area contributed by atoms with Crippen LogP contribution in [-0.4, -0.2) is 37.4 Å². The normalized spacial score (nSPS) is 12.9. The summed E-state index contributed by atoms with van der Waals surface area (Å²) in [5.41, 5.74) is 1.76. The van der Waals surface area contributed by atoms with Crippen LogP contribution in [0.25, 0.3) is 0 Å². The molecular weight excluding hydrogens is 414 g/mol. The number of sulfonamides is 1. The lowest BCUT2D eigenvalue weighted by atomic mass is 10.2. The molecule has 0 aliphatic carbocycles. The summed E-state index contributed by atoms with van der Waals surface area (Å²) < 4.78 is 27.9. The van der Waals surface area contributed by atoms with Crippen LogP contribution >= 0.6 is 23.1 Å². The van der Waals surface area contributed by atoms with Gasteiger partial charge in [0.1, 0.15) is 6.04 Å². The Kier molecular flexibility index (Phi) is 8.48. The summed E-state index contributed by atoms with van der Waals surface area (Å²) in [6.45, 7) is 6.31. The molecule has 2 N–H and O–H groups in total. The Bertz CT molecular complexity index is 877. The van der Waals surface area contributed by atoms with E-state index in [2.05, 4.69) is 28.9 Å². The van der Waals surface area contributed by atoms with Crippen molar-refractivity contribution in [3.8, 4) is 0 Å². The Labute approximate surface area is 175 Å². The van der Waals surface area contributed by atoms with E-state index in [9.17, 15) is 13.2 Å². The van der Waals surface area contributed by atoms with Gasteiger partial charge in [-0.1, -0.05) is 31.5 Å². The highest BCUT2D eigenvalue weighted by atomic mass is 32.2. The Hall–Kier alpha value is -1.42. The Balaban J connectivity index is 2.06. The predicted molar refractivity (Wildman–Crippen MR) is 116 cm³/mol. The van der Waals surface area contributed by atoms with E-state index in [0.717, 1.165) is 16.3 Å². The summed E-state index contributed by atoms with van der Waals surface area (Å²) in [6, 6.07) is 5.73. The van der Waals surface area contributed by atoms with Crippen LogP contribution in [-0.2, 0) is 21.4 Å². The van der Waals surface area contributed by atoms with Crippen molar-refractivity contribution in [2.24, 2.45) is 0 Å². The molecule has 1 heterocycles. The van der Waals surface area contributed by atoms with Gasteiger partial charge in [-0.3, -0.25) is 4.79 Å². The SMILES string of the molecule is CSCCC(NS(=O)(=O)c1ccc(C)cc1)C(=O)NCc1csc(C(C)C)n1. The van der Waals surface area contributed by atoms with Crippen molar-refractivity contribution >= 4 is 39.0 Å². The fraction of sp³-hybridized carbons (Fsp3) is 0.474. The molecule has 1 aromatic carbocycles. The average Bonchev–Trinajstić information content (AvgIpc) is 3.13. The van der Waals surface area contributed by atoms with Gasteiger partial charge >= 0.3 is 0 Å².